The Labute approximate surface area is 167 Å². The van der Waals surface area contributed by atoms with Crippen LogP contribution in [0.25, 0.3) is 16.5 Å². The molecule has 0 atom stereocenters. The summed E-state index contributed by atoms with van der Waals surface area (Å²) in [6.45, 7) is 2.52. The van der Waals surface area contributed by atoms with Gasteiger partial charge in [-0.1, -0.05) is 30.4 Å². The molecule has 0 radical (unpaired) electrons. The number of benzene rings is 2. The first-order valence-electron chi connectivity index (χ1n) is 8.69. The molecule has 0 fully saturated rings. The number of thiocarbonyl (C=S) groups is 1. The summed E-state index contributed by atoms with van der Waals surface area (Å²) >= 11 is 4.93. The number of fused-ring (bicyclic) bond motifs is 1. The Morgan fingerprint density at radius 2 is 1.96 bits per heavy atom. The van der Waals surface area contributed by atoms with Crippen LogP contribution < -0.4 is 15.5 Å². The van der Waals surface area contributed by atoms with Crippen molar-refractivity contribution in [3.8, 4) is 5.75 Å². The molecule has 6 nitrogen and oxygen atoms in total. The summed E-state index contributed by atoms with van der Waals surface area (Å²) < 4.78 is 11.3. The molecule has 1 aromatic heterocycles. The second kappa shape index (κ2) is 9.16. The standard InChI is InChI=1S/C21H20N2O4S/c1-14(19-13-16-4-2-3-5-18(16)27-19)12-20(24)22-10-11-26-17-8-6-15(7-9-17)21(28)23-25/h2-9,12-13,25H,10-11H2,1H3,(H,22,24)(H,23,28). The fourth-order valence-electron chi connectivity index (χ4n) is 2.61. The third-order valence-electron chi connectivity index (χ3n) is 4.05. The van der Waals surface area contributed by atoms with E-state index in [-0.39, 0.29) is 10.9 Å². The average Bonchev–Trinajstić information content (AvgIpc) is 3.15. The van der Waals surface area contributed by atoms with E-state index in [0.29, 0.717) is 30.2 Å². The monoisotopic (exact) mass is 396 g/mol. The Bertz CT molecular complexity index is 976. The van der Waals surface area contributed by atoms with Crippen molar-refractivity contribution < 1.29 is 19.2 Å². The van der Waals surface area contributed by atoms with Crippen molar-refractivity contribution in [3.05, 3.63) is 72.0 Å². The molecule has 0 aliphatic rings. The van der Waals surface area contributed by atoms with Crippen LogP contribution in [0.5, 0.6) is 5.75 Å². The zero-order valence-corrected chi connectivity index (χ0v) is 16.1. The fraction of sp³-hybridized carbons (Fsp3) is 0.143. The molecule has 3 aromatic rings. The van der Waals surface area contributed by atoms with E-state index in [9.17, 15) is 4.79 Å². The van der Waals surface area contributed by atoms with Crippen molar-refractivity contribution in [1.29, 1.82) is 0 Å². The number of carbonyl (C=O) groups excluding carboxylic acids is 1. The minimum atomic E-state index is -0.212. The molecular weight excluding hydrogens is 376 g/mol. The normalized spacial score (nSPS) is 11.3. The number of hydrogen-bond acceptors (Lipinski definition) is 5. The van der Waals surface area contributed by atoms with Gasteiger partial charge in [-0.25, -0.2) is 0 Å². The number of furan rings is 1. The molecule has 0 saturated carbocycles. The smallest absolute Gasteiger partial charge is 0.244 e. The van der Waals surface area contributed by atoms with Crippen LogP contribution in [0.4, 0.5) is 0 Å². The van der Waals surface area contributed by atoms with E-state index in [1.54, 1.807) is 24.3 Å². The number of para-hydroxylation sites is 1. The van der Waals surface area contributed by atoms with Gasteiger partial charge in [-0.15, -0.1) is 0 Å². The van der Waals surface area contributed by atoms with Crippen molar-refractivity contribution in [3.63, 3.8) is 0 Å². The van der Waals surface area contributed by atoms with Crippen molar-refractivity contribution in [2.75, 3.05) is 13.2 Å². The highest BCUT2D eigenvalue weighted by Crippen LogP contribution is 2.24. The van der Waals surface area contributed by atoms with Gasteiger partial charge in [-0.05, 0) is 48.9 Å². The maximum Gasteiger partial charge on any atom is 0.244 e. The third-order valence-corrected chi connectivity index (χ3v) is 4.38. The number of rotatable bonds is 7. The molecule has 7 heteroatoms. The number of amides is 1. The van der Waals surface area contributed by atoms with Crippen LogP contribution in [-0.4, -0.2) is 29.3 Å². The topological polar surface area (TPSA) is 83.7 Å². The van der Waals surface area contributed by atoms with E-state index < -0.39 is 0 Å². The SMILES string of the molecule is CC(=CC(=O)NCCOc1ccc(C(=S)NO)cc1)c1cc2ccccc2o1. The molecule has 3 rings (SSSR count). The first kappa shape index (κ1) is 19.6. The van der Waals surface area contributed by atoms with Gasteiger partial charge in [0.1, 0.15) is 28.7 Å². The number of ether oxygens (including phenoxy) is 1. The van der Waals surface area contributed by atoms with Gasteiger partial charge in [0.15, 0.2) is 0 Å². The number of hydrogen-bond donors (Lipinski definition) is 3. The summed E-state index contributed by atoms with van der Waals surface area (Å²) in [7, 11) is 0. The van der Waals surface area contributed by atoms with Gasteiger partial charge in [0.2, 0.25) is 5.91 Å². The lowest BCUT2D eigenvalue weighted by Crippen LogP contribution is -2.26. The molecule has 2 aromatic carbocycles. The molecule has 0 unspecified atom stereocenters. The zero-order valence-electron chi connectivity index (χ0n) is 15.3. The molecule has 3 N–H and O–H groups in total. The summed E-state index contributed by atoms with van der Waals surface area (Å²) in [4.78, 5) is 12.3. The summed E-state index contributed by atoms with van der Waals surface area (Å²) in [6.07, 6.45) is 1.51. The molecule has 0 spiro atoms. The molecule has 144 valence electrons. The Kier molecular flexibility index (Phi) is 6.41. The van der Waals surface area contributed by atoms with Crippen LogP contribution >= 0.6 is 12.2 Å². The van der Waals surface area contributed by atoms with Crippen LogP contribution in [0.3, 0.4) is 0 Å². The number of nitrogens with one attached hydrogen (secondary N) is 2. The highest BCUT2D eigenvalue weighted by atomic mass is 32.1. The number of carbonyl (C=O) groups is 1. The van der Waals surface area contributed by atoms with Crippen LogP contribution in [0.2, 0.25) is 0 Å². The van der Waals surface area contributed by atoms with Gasteiger partial charge in [-0.3, -0.25) is 15.5 Å². The minimum absolute atomic E-state index is 0.212. The quantitative estimate of drug-likeness (QED) is 0.245. The second-order valence-corrected chi connectivity index (χ2v) is 6.49. The van der Waals surface area contributed by atoms with Crippen molar-refractivity contribution in [2.24, 2.45) is 0 Å². The van der Waals surface area contributed by atoms with Gasteiger partial charge in [0, 0.05) is 17.0 Å². The van der Waals surface area contributed by atoms with Crippen molar-refractivity contribution >= 4 is 39.7 Å². The predicted octanol–water partition coefficient (Wildman–Crippen LogP) is 3.69. The van der Waals surface area contributed by atoms with E-state index in [1.165, 1.54) is 6.08 Å². The molecule has 0 aliphatic heterocycles. The van der Waals surface area contributed by atoms with E-state index in [4.69, 9.17) is 26.6 Å². The van der Waals surface area contributed by atoms with Crippen LogP contribution in [0.15, 0.2) is 65.1 Å². The Hall–Kier alpha value is -3.16. The highest BCUT2D eigenvalue weighted by Gasteiger charge is 2.07. The summed E-state index contributed by atoms with van der Waals surface area (Å²) in [5.74, 6) is 1.10. The second-order valence-electron chi connectivity index (χ2n) is 6.08. The van der Waals surface area contributed by atoms with Gasteiger partial charge < -0.3 is 14.5 Å². The van der Waals surface area contributed by atoms with Crippen molar-refractivity contribution in [2.45, 2.75) is 6.92 Å². The molecular formula is C21H20N2O4S. The Morgan fingerprint density at radius 1 is 1.21 bits per heavy atom. The molecule has 0 bridgehead atoms. The van der Waals surface area contributed by atoms with E-state index in [2.05, 4.69) is 5.32 Å². The van der Waals surface area contributed by atoms with Crippen molar-refractivity contribution in [1.82, 2.24) is 10.8 Å². The van der Waals surface area contributed by atoms with E-state index in [1.807, 2.05) is 42.7 Å². The first-order chi connectivity index (χ1) is 13.6. The lowest BCUT2D eigenvalue weighted by molar-refractivity contribution is -0.116. The van der Waals surface area contributed by atoms with Gasteiger partial charge in [-0.2, -0.15) is 0 Å². The Morgan fingerprint density at radius 3 is 2.68 bits per heavy atom. The maximum absolute atomic E-state index is 12.1. The van der Waals surface area contributed by atoms with Gasteiger partial charge in [0.25, 0.3) is 0 Å². The molecule has 0 aliphatic carbocycles. The zero-order chi connectivity index (χ0) is 19.9. The van der Waals surface area contributed by atoms with Crippen LogP contribution in [0.1, 0.15) is 18.2 Å². The van der Waals surface area contributed by atoms with Crippen LogP contribution in [0, 0.1) is 0 Å². The fourth-order valence-corrected chi connectivity index (χ4v) is 2.74. The maximum atomic E-state index is 12.1. The molecule has 0 saturated heterocycles. The average molecular weight is 396 g/mol. The van der Waals surface area contributed by atoms with Crippen LogP contribution in [-0.2, 0) is 4.79 Å². The van der Waals surface area contributed by atoms with Gasteiger partial charge >= 0.3 is 0 Å². The van der Waals surface area contributed by atoms with Gasteiger partial charge in [0.05, 0.1) is 6.54 Å². The summed E-state index contributed by atoms with van der Waals surface area (Å²) in [6, 6.07) is 16.6. The highest BCUT2D eigenvalue weighted by molar-refractivity contribution is 7.80. The van der Waals surface area contributed by atoms with E-state index in [0.717, 1.165) is 16.5 Å². The summed E-state index contributed by atoms with van der Waals surface area (Å²) in [5, 5.41) is 12.6. The predicted molar refractivity (Wildman–Crippen MR) is 111 cm³/mol. The summed E-state index contributed by atoms with van der Waals surface area (Å²) in [5.41, 5.74) is 4.16. The molecule has 1 amide bonds. The number of hydroxylamine groups is 1. The molecule has 1 heterocycles. The minimum Gasteiger partial charge on any atom is -0.492 e. The third kappa shape index (κ3) is 4.97. The largest absolute Gasteiger partial charge is 0.492 e. The number of allylic oxidation sites excluding steroid dienone is 1. The molecule has 28 heavy (non-hydrogen) atoms. The first-order valence-corrected chi connectivity index (χ1v) is 9.10. The lowest BCUT2D eigenvalue weighted by atomic mass is 10.2. The lowest BCUT2D eigenvalue weighted by Gasteiger charge is -2.08. The van der Waals surface area contributed by atoms with E-state index >= 15 is 0 Å². The Balaban J connectivity index is 1.47.